The molecular formula is C18H27ClO. The Morgan fingerprint density at radius 3 is 2.40 bits per heavy atom. The van der Waals surface area contributed by atoms with E-state index >= 15 is 0 Å². The second-order valence-corrected chi connectivity index (χ2v) is 6.46. The lowest BCUT2D eigenvalue weighted by molar-refractivity contribution is 0.124. The van der Waals surface area contributed by atoms with Gasteiger partial charge in [-0.05, 0) is 74.5 Å². The van der Waals surface area contributed by atoms with E-state index in [1.54, 1.807) is 0 Å². The normalized spacial score (nSPS) is 22.9. The molecule has 0 saturated heterocycles. The number of halogens is 1. The molecule has 20 heavy (non-hydrogen) atoms. The Balaban J connectivity index is 1.66. The zero-order chi connectivity index (χ0) is 14.2. The van der Waals surface area contributed by atoms with E-state index in [9.17, 15) is 0 Å². The first-order chi connectivity index (χ1) is 9.79. The van der Waals surface area contributed by atoms with Gasteiger partial charge in [0.05, 0.1) is 0 Å². The summed E-state index contributed by atoms with van der Waals surface area (Å²) in [5, 5.41) is 0.842. The van der Waals surface area contributed by atoms with Crippen LogP contribution >= 0.6 is 11.6 Å². The number of hydrogen-bond acceptors (Lipinski definition) is 1. The van der Waals surface area contributed by atoms with Gasteiger partial charge in [-0.2, -0.15) is 0 Å². The molecule has 2 rings (SSSR count). The molecule has 1 aliphatic carbocycles. The summed E-state index contributed by atoms with van der Waals surface area (Å²) in [5.41, 5.74) is 1.47. The molecule has 0 radical (unpaired) electrons. The molecule has 1 aliphatic rings. The van der Waals surface area contributed by atoms with Gasteiger partial charge >= 0.3 is 0 Å². The fourth-order valence-corrected chi connectivity index (χ4v) is 3.37. The molecule has 0 bridgehead atoms. The molecule has 0 heterocycles. The maximum Gasteiger partial charge on any atom is 0.0466 e. The van der Waals surface area contributed by atoms with Gasteiger partial charge in [-0.25, -0.2) is 0 Å². The quantitative estimate of drug-likeness (QED) is 0.576. The first-order valence-corrected chi connectivity index (χ1v) is 8.50. The predicted octanol–water partition coefficient (Wildman–Crippen LogP) is 5.82. The van der Waals surface area contributed by atoms with Crippen LogP contribution in [0.2, 0.25) is 5.02 Å². The van der Waals surface area contributed by atoms with Crippen LogP contribution in [0.25, 0.3) is 0 Å². The maximum absolute atomic E-state index is 5.96. The number of benzene rings is 1. The Bertz CT molecular complexity index is 366. The largest absolute Gasteiger partial charge is 0.381 e. The first-order valence-electron chi connectivity index (χ1n) is 8.12. The fourth-order valence-electron chi connectivity index (χ4n) is 3.24. The molecule has 0 unspecified atom stereocenters. The Morgan fingerprint density at radius 2 is 1.75 bits per heavy atom. The summed E-state index contributed by atoms with van der Waals surface area (Å²) in [6, 6.07) is 8.44. The summed E-state index contributed by atoms with van der Waals surface area (Å²) in [6.45, 7) is 4.03. The summed E-state index contributed by atoms with van der Waals surface area (Å²) in [4.78, 5) is 0. The van der Waals surface area contributed by atoms with Crippen LogP contribution in [0.1, 0.15) is 63.4 Å². The molecule has 0 atom stereocenters. The van der Waals surface area contributed by atoms with Gasteiger partial charge in [0.25, 0.3) is 0 Å². The van der Waals surface area contributed by atoms with E-state index in [2.05, 4.69) is 19.1 Å². The van der Waals surface area contributed by atoms with E-state index in [0.29, 0.717) is 0 Å². The number of rotatable bonds is 7. The molecule has 1 saturated carbocycles. The zero-order valence-corrected chi connectivity index (χ0v) is 13.4. The van der Waals surface area contributed by atoms with Crippen LogP contribution in [0.15, 0.2) is 24.3 Å². The molecule has 0 spiro atoms. The minimum atomic E-state index is 0.750. The molecule has 2 heteroatoms. The summed E-state index contributed by atoms with van der Waals surface area (Å²) in [5.74, 6) is 1.67. The van der Waals surface area contributed by atoms with Crippen LogP contribution in [0.4, 0.5) is 0 Å². The van der Waals surface area contributed by atoms with E-state index < -0.39 is 0 Å². The highest BCUT2D eigenvalue weighted by atomic mass is 35.5. The minimum Gasteiger partial charge on any atom is -0.381 e. The third-order valence-electron chi connectivity index (χ3n) is 4.44. The molecule has 1 nitrogen and oxygen atoms in total. The second-order valence-electron chi connectivity index (χ2n) is 6.02. The summed E-state index contributed by atoms with van der Waals surface area (Å²) < 4.78 is 5.56. The lowest BCUT2D eigenvalue weighted by atomic mass is 9.77. The summed E-state index contributed by atoms with van der Waals surface area (Å²) in [6.07, 6.45) is 9.13. The van der Waals surface area contributed by atoms with Gasteiger partial charge in [0, 0.05) is 18.2 Å². The van der Waals surface area contributed by atoms with Gasteiger partial charge in [0.1, 0.15) is 0 Å². The van der Waals surface area contributed by atoms with Crippen molar-refractivity contribution in [1.29, 1.82) is 0 Å². The van der Waals surface area contributed by atoms with Crippen molar-refractivity contribution in [3.8, 4) is 0 Å². The van der Waals surface area contributed by atoms with Crippen LogP contribution < -0.4 is 0 Å². The average molecular weight is 295 g/mol. The van der Waals surface area contributed by atoms with E-state index in [0.717, 1.165) is 36.5 Å². The molecule has 112 valence electrons. The first kappa shape index (κ1) is 15.9. The molecule has 0 amide bonds. The van der Waals surface area contributed by atoms with E-state index in [1.165, 1.54) is 44.1 Å². The van der Waals surface area contributed by atoms with Gasteiger partial charge in [0.15, 0.2) is 0 Å². The predicted molar refractivity (Wildman–Crippen MR) is 86.5 cm³/mol. The van der Waals surface area contributed by atoms with E-state index in [4.69, 9.17) is 16.3 Å². The van der Waals surface area contributed by atoms with E-state index in [-0.39, 0.29) is 0 Å². The van der Waals surface area contributed by atoms with Gasteiger partial charge in [-0.1, -0.05) is 30.7 Å². The standard InChI is InChI=1S/C18H27ClO/c1-2-13-20-14-3-4-15-5-7-16(8-6-15)17-9-11-18(19)12-10-17/h9-12,15-16H,2-8,13-14H2,1H3/t15-,16-. The third-order valence-corrected chi connectivity index (χ3v) is 4.69. The van der Waals surface area contributed by atoms with Crippen molar-refractivity contribution in [3.63, 3.8) is 0 Å². The van der Waals surface area contributed by atoms with Crippen LogP contribution in [-0.4, -0.2) is 13.2 Å². The molecule has 1 fully saturated rings. The molecule has 0 aromatic heterocycles. The SMILES string of the molecule is CCCOCCC[C@H]1CC[C@H](c2ccc(Cl)cc2)CC1. The van der Waals surface area contributed by atoms with Crippen molar-refractivity contribution < 1.29 is 4.74 Å². The van der Waals surface area contributed by atoms with E-state index in [1.807, 2.05) is 12.1 Å². The Labute approximate surface area is 128 Å². The lowest BCUT2D eigenvalue weighted by Gasteiger charge is -2.28. The van der Waals surface area contributed by atoms with Gasteiger partial charge in [0.2, 0.25) is 0 Å². The molecule has 0 N–H and O–H groups in total. The van der Waals surface area contributed by atoms with Crippen molar-refractivity contribution in [2.45, 2.75) is 57.8 Å². The number of hydrogen-bond donors (Lipinski definition) is 0. The van der Waals surface area contributed by atoms with Crippen LogP contribution in [0, 0.1) is 5.92 Å². The second kappa shape index (κ2) is 8.69. The fraction of sp³-hybridized carbons (Fsp3) is 0.667. The zero-order valence-electron chi connectivity index (χ0n) is 12.6. The van der Waals surface area contributed by atoms with Gasteiger partial charge in [-0.15, -0.1) is 0 Å². The third kappa shape index (κ3) is 5.10. The van der Waals surface area contributed by atoms with Crippen LogP contribution in [0.5, 0.6) is 0 Å². The van der Waals surface area contributed by atoms with Crippen molar-refractivity contribution in [2.75, 3.05) is 13.2 Å². The van der Waals surface area contributed by atoms with Crippen molar-refractivity contribution in [1.82, 2.24) is 0 Å². The highest BCUT2D eigenvalue weighted by Crippen LogP contribution is 2.37. The monoisotopic (exact) mass is 294 g/mol. The van der Waals surface area contributed by atoms with Crippen LogP contribution in [-0.2, 0) is 4.74 Å². The molecule has 1 aromatic carbocycles. The molecule has 1 aromatic rings. The highest BCUT2D eigenvalue weighted by Gasteiger charge is 2.21. The topological polar surface area (TPSA) is 9.23 Å². The Kier molecular flexibility index (Phi) is 6.89. The van der Waals surface area contributed by atoms with Gasteiger partial charge in [-0.3, -0.25) is 0 Å². The van der Waals surface area contributed by atoms with Crippen molar-refractivity contribution >= 4 is 11.6 Å². The summed E-state index contributed by atoms with van der Waals surface area (Å²) >= 11 is 5.96. The Hall–Kier alpha value is -0.530. The minimum absolute atomic E-state index is 0.750. The van der Waals surface area contributed by atoms with Gasteiger partial charge < -0.3 is 4.74 Å². The van der Waals surface area contributed by atoms with Crippen molar-refractivity contribution in [2.24, 2.45) is 5.92 Å². The average Bonchev–Trinajstić information content (AvgIpc) is 2.49. The maximum atomic E-state index is 5.96. The highest BCUT2D eigenvalue weighted by molar-refractivity contribution is 6.30. The van der Waals surface area contributed by atoms with Crippen molar-refractivity contribution in [3.05, 3.63) is 34.9 Å². The molecular weight excluding hydrogens is 268 g/mol. The number of ether oxygens (including phenoxy) is 1. The smallest absolute Gasteiger partial charge is 0.0466 e. The molecule has 0 aliphatic heterocycles. The lowest BCUT2D eigenvalue weighted by Crippen LogP contribution is -2.14. The summed E-state index contributed by atoms with van der Waals surface area (Å²) in [7, 11) is 0. The van der Waals surface area contributed by atoms with Crippen LogP contribution in [0.3, 0.4) is 0 Å². The Morgan fingerprint density at radius 1 is 1.05 bits per heavy atom.